The topological polar surface area (TPSA) is 67.1 Å². The molecule has 3 N–H and O–H groups in total. The van der Waals surface area contributed by atoms with Crippen LogP contribution in [0.3, 0.4) is 0 Å². The van der Waals surface area contributed by atoms with Gasteiger partial charge in [0.05, 0.1) is 0 Å². The summed E-state index contributed by atoms with van der Waals surface area (Å²) < 4.78 is 0. The molecule has 2 rings (SSSR count). The molecule has 0 radical (unpaired) electrons. The van der Waals surface area contributed by atoms with Crippen LogP contribution in [0, 0.1) is 0 Å². The van der Waals surface area contributed by atoms with E-state index in [0.717, 1.165) is 31.0 Å². The number of nitrogen functional groups attached to an aromatic ring is 1. The summed E-state index contributed by atoms with van der Waals surface area (Å²) in [5.74, 6) is 8.00. The molecule has 5 heteroatoms. The number of aryl methyl sites for hydroxylation is 1. The Hall–Kier alpha value is -1.36. The molecule has 1 fully saturated rings. The second-order valence-corrected chi connectivity index (χ2v) is 4.42. The normalized spacial score (nSPS) is 19.7. The summed E-state index contributed by atoms with van der Waals surface area (Å²) in [6.07, 6.45) is 4.49. The van der Waals surface area contributed by atoms with Crippen molar-refractivity contribution >= 4 is 11.6 Å². The largest absolute Gasteiger partial charge is 0.353 e. The molecular weight excluding hydrogens is 214 g/mol. The summed E-state index contributed by atoms with van der Waals surface area (Å²) in [5, 5.41) is 0. The molecule has 0 aliphatic carbocycles. The lowest BCUT2D eigenvalue weighted by Crippen LogP contribution is -2.30. The van der Waals surface area contributed by atoms with E-state index in [4.69, 9.17) is 5.84 Å². The first kappa shape index (κ1) is 12.1. The van der Waals surface area contributed by atoms with Gasteiger partial charge in [-0.2, -0.15) is 0 Å². The second kappa shape index (κ2) is 5.31. The van der Waals surface area contributed by atoms with Gasteiger partial charge in [-0.1, -0.05) is 13.8 Å². The van der Waals surface area contributed by atoms with Crippen molar-refractivity contribution in [2.45, 2.75) is 45.6 Å². The Bertz CT molecular complexity index is 357. The van der Waals surface area contributed by atoms with E-state index in [2.05, 4.69) is 34.1 Å². The number of nitrogens with two attached hydrogens (primary N) is 1. The summed E-state index contributed by atoms with van der Waals surface area (Å²) in [6.45, 7) is 5.37. The highest BCUT2D eigenvalue weighted by Gasteiger charge is 2.24. The van der Waals surface area contributed by atoms with Gasteiger partial charge in [-0.15, -0.1) is 0 Å². The number of nitrogens with one attached hydrogen (secondary N) is 1. The van der Waals surface area contributed by atoms with Gasteiger partial charge >= 0.3 is 0 Å². The molecule has 94 valence electrons. The lowest BCUT2D eigenvalue weighted by atomic mass is 10.2. The second-order valence-electron chi connectivity index (χ2n) is 4.42. The molecule has 1 aromatic rings. The van der Waals surface area contributed by atoms with E-state index in [1.807, 2.05) is 6.07 Å². The lowest BCUT2D eigenvalue weighted by Gasteiger charge is -2.25. The summed E-state index contributed by atoms with van der Waals surface area (Å²) in [6, 6.07) is 2.55. The van der Waals surface area contributed by atoms with Crippen molar-refractivity contribution in [3.8, 4) is 0 Å². The molecule has 1 atom stereocenters. The van der Waals surface area contributed by atoms with Gasteiger partial charge in [0.15, 0.2) is 0 Å². The first-order valence-electron chi connectivity index (χ1n) is 6.39. The van der Waals surface area contributed by atoms with Gasteiger partial charge in [-0.05, 0) is 19.3 Å². The van der Waals surface area contributed by atoms with E-state index < -0.39 is 0 Å². The molecule has 0 bridgehead atoms. The van der Waals surface area contributed by atoms with Crippen LogP contribution >= 0.6 is 0 Å². The van der Waals surface area contributed by atoms with Gasteiger partial charge in [0.2, 0.25) is 0 Å². The first-order chi connectivity index (χ1) is 8.28. The number of hydrogen-bond donors (Lipinski definition) is 2. The Morgan fingerprint density at radius 2 is 2.29 bits per heavy atom. The Morgan fingerprint density at radius 1 is 1.47 bits per heavy atom. The van der Waals surface area contributed by atoms with E-state index in [1.54, 1.807) is 0 Å². The minimum absolute atomic E-state index is 0.611. The lowest BCUT2D eigenvalue weighted by molar-refractivity contribution is 0.638. The summed E-state index contributed by atoms with van der Waals surface area (Å²) in [7, 11) is 0. The monoisotopic (exact) mass is 235 g/mol. The van der Waals surface area contributed by atoms with Crippen LogP contribution < -0.4 is 16.2 Å². The van der Waals surface area contributed by atoms with Gasteiger partial charge in [0, 0.05) is 25.1 Å². The highest BCUT2D eigenvalue weighted by atomic mass is 15.3. The van der Waals surface area contributed by atoms with Gasteiger partial charge in [0.1, 0.15) is 17.5 Å². The SMILES string of the molecule is CCc1nc(NN)cc(N2CCCC2CC)n1. The minimum atomic E-state index is 0.611. The van der Waals surface area contributed by atoms with Crippen LogP contribution in [-0.2, 0) is 6.42 Å². The van der Waals surface area contributed by atoms with Crippen molar-refractivity contribution in [3.05, 3.63) is 11.9 Å². The number of rotatable bonds is 4. The zero-order valence-corrected chi connectivity index (χ0v) is 10.6. The zero-order chi connectivity index (χ0) is 12.3. The van der Waals surface area contributed by atoms with Crippen molar-refractivity contribution in [1.29, 1.82) is 0 Å². The van der Waals surface area contributed by atoms with Crippen LogP contribution in [0.15, 0.2) is 6.07 Å². The molecule has 1 aliphatic rings. The van der Waals surface area contributed by atoms with Crippen molar-refractivity contribution in [2.75, 3.05) is 16.9 Å². The Balaban J connectivity index is 2.30. The van der Waals surface area contributed by atoms with E-state index in [1.165, 1.54) is 12.8 Å². The molecule has 5 nitrogen and oxygen atoms in total. The molecule has 1 aromatic heterocycles. The number of nitrogens with zero attached hydrogens (tertiary/aromatic N) is 3. The van der Waals surface area contributed by atoms with Crippen LogP contribution in [0.2, 0.25) is 0 Å². The predicted molar refractivity (Wildman–Crippen MR) is 69.9 cm³/mol. The molecule has 0 saturated carbocycles. The smallest absolute Gasteiger partial charge is 0.145 e. The van der Waals surface area contributed by atoms with Crippen molar-refractivity contribution in [1.82, 2.24) is 9.97 Å². The molecule has 0 amide bonds. The summed E-state index contributed by atoms with van der Waals surface area (Å²) in [4.78, 5) is 11.3. The van der Waals surface area contributed by atoms with Crippen LogP contribution in [0.1, 0.15) is 38.9 Å². The third-order valence-corrected chi connectivity index (χ3v) is 3.37. The average Bonchev–Trinajstić information content (AvgIpc) is 2.86. The summed E-state index contributed by atoms with van der Waals surface area (Å²) >= 11 is 0. The van der Waals surface area contributed by atoms with E-state index in [9.17, 15) is 0 Å². The Labute approximate surface area is 102 Å². The van der Waals surface area contributed by atoms with Gasteiger partial charge in [-0.3, -0.25) is 0 Å². The van der Waals surface area contributed by atoms with Crippen LogP contribution in [0.5, 0.6) is 0 Å². The van der Waals surface area contributed by atoms with E-state index >= 15 is 0 Å². The first-order valence-corrected chi connectivity index (χ1v) is 6.39. The van der Waals surface area contributed by atoms with Crippen molar-refractivity contribution < 1.29 is 0 Å². The van der Waals surface area contributed by atoms with E-state index in [-0.39, 0.29) is 0 Å². The fraction of sp³-hybridized carbons (Fsp3) is 0.667. The Morgan fingerprint density at radius 3 is 2.94 bits per heavy atom. The van der Waals surface area contributed by atoms with Crippen LogP contribution in [0.25, 0.3) is 0 Å². The number of hydrogen-bond acceptors (Lipinski definition) is 5. The minimum Gasteiger partial charge on any atom is -0.353 e. The molecule has 1 aliphatic heterocycles. The van der Waals surface area contributed by atoms with E-state index in [0.29, 0.717) is 11.9 Å². The fourth-order valence-corrected chi connectivity index (χ4v) is 2.42. The van der Waals surface area contributed by atoms with Gasteiger partial charge in [-0.25, -0.2) is 15.8 Å². The maximum atomic E-state index is 5.45. The molecule has 1 unspecified atom stereocenters. The number of aromatic nitrogens is 2. The quantitative estimate of drug-likeness (QED) is 0.614. The number of anilines is 2. The van der Waals surface area contributed by atoms with Crippen LogP contribution in [0.4, 0.5) is 11.6 Å². The van der Waals surface area contributed by atoms with Gasteiger partial charge < -0.3 is 10.3 Å². The summed E-state index contributed by atoms with van der Waals surface area (Å²) in [5.41, 5.74) is 2.62. The highest BCUT2D eigenvalue weighted by Crippen LogP contribution is 2.27. The average molecular weight is 235 g/mol. The van der Waals surface area contributed by atoms with Crippen molar-refractivity contribution in [3.63, 3.8) is 0 Å². The molecular formula is C12H21N5. The molecule has 17 heavy (non-hydrogen) atoms. The maximum Gasteiger partial charge on any atom is 0.145 e. The maximum absolute atomic E-state index is 5.45. The molecule has 2 heterocycles. The highest BCUT2D eigenvalue weighted by molar-refractivity contribution is 5.50. The molecule has 1 saturated heterocycles. The van der Waals surface area contributed by atoms with Gasteiger partial charge in [0.25, 0.3) is 0 Å². The zero-order valence-electron chi connectivity index (χ0n) is 10.6. The molecule has 0 aromatic carbocycles. The third kappa shape index (κ3) is 2.49. The van der Waals surface area contributed by atoms with Crippen molar-refractivity contribution in [2.24, 2.45) is 5.84 Å². The van der Waals surface area contributed by atoms with Crippen LogP contribution in [-0.4, -0.2) is 22.6 Å². The third-order valence-electron chi connectivity index (χ3n) is 3.37. The standard InChI is InChI=1S/C12H21N5/c1-3-9-6-5-7-17(9)12-8-11(16-13)14-10(4-2)15-12/h8-9H,3-7,13H2,1-2H3,(H,14,15,16). The fourth-order valence-electron chi connectivity index (χ4n) is 2.42. The molecule has 0 spiro atoms. The predicted octanol–water partition coefficient (Wildman–Crippen LogP) is 1.70. The Kier molecular flexibility index (Phi) is 3.78. The number of hydrazine groups is 1.